The van der Waals surface area contributed by atoms with Crippen LogP contribution in [0.15, 0.2) is 121 Å². The lowest BCUT2D eigenvalue weighted by Gasteiger charge is -2.55. The Labute approximate surface area is 285 Å². The lowest BCUT2D eigenvalue weighted by molar-refractivity contribution is -0.384. The van der Waals surface area contributed by atoms with E-state index in [-0.39, 0.29) is 41.1 Å². The molecule has 248 valence electrons. The van der Waals surface area contributed by atoms with E-state index in [0.29, 0.717) is 16.7 Å². The predicted octanol–water partition coefficient (Wildman–Crippen LogP) is 6.47. The molecule has 2 fully saturated rings. The number of carbonyl (C=O) groups excluding carboxylic acids is 4. The monoisotopic (exact) mass is 668 g/mol. The number of aromatic hydroxyl groups is 1. The molecule has 6 atom stereocenters. The number of nitrogens with zero attached hydrogens (tertiary/aromatic N) is 2. The number of non-ortho nitro benzene ring substituents is 1. The SMILES string of the molecule is O=C1C(c2ccccc2)=CC(=O)[C@@]2(c3ccccc3)[C@@H](c3cccc(F)c3O)C3=CC[C@@H]4C(=O)N(c5cccc([N+](=O)[O-])c5)C(=O)[C@@H]4[C@@H]3C[C@@H]12. The lowest BCUT2D eigenvalue weighted by Crippen LogP contribution is -2.58. The summed E-state index contributed by atoms with van der Waals surface area (Å²) in [6, 6.07) is 27.0. The largest absolute Gasteiger partial charge is 0.505 e. The van der Waals surface area contributed by atoms with Gasteiger partial charge in [-0.1, -0.05) is 90.5 Å². The summed E-state index contributed by atoms with van der Waals surface area (Å²) in [4.78, 5) is 70.2. The van der Waals surface area contributed by atoms with Crippen molar-refractivity contribution in [3.8, 4) is 5.75 Å². The number of halogens is 1. The number of amides is 2. The van der Waals surface area contributed by atoms with Crippen LogP contribution in [0.4, 0.5) is 15.8 Å². The third kappa shape index (κ3) is 4.37. The van der Waals surface area contributed by atoms with Crippen molar-refractivity contribution in [1.29, 1.82) is 0 Å². The molecule has 3 aliphatic carbocycles. The molecule has 1 aliphatic heterocycles. The number of hydrogen-bond donors (Lipinski definition) is 1. The minimum absolute atomic E-state index is 0.0189. The van der Waals surface area contributed by atoms with Crippen LogP contribution < -0.4 is 4.90 Å². The average molecular weight is 669 g/mol. The van der Waals surface area contributed by atoms with Crippen LogP contribution >= 0.6 is 0 Å². The van der Waals surface area contributed by atoms with E-state index in [0.717, 1.165) is 11.0 Å². The molecule has 50 heavy (non-hydrogen) atoms. The standard InChI is InChI=1S/C40H29FN2O7/c41-32-16-8-15-28(37(32)46)35-26-17-18-27-34(39(48)42(38(27)47)24-13-7-14-25(19-24)43(49)50)30(26)20-31-36(45)29(22-9-3-1-4-10-22)21-33(44)40(31,35)23-11-5-2-6-12-23/h1-17,19,21,27,30-31,34-35,46H,18,20H2/t27-,30+,31-,34-,35+,40-/m0/s1. The van der Waals surface area contributed by atoms with Crippen LogP contribution in [-0.4, -0.2) is 33.4 Å². The van der Waals surface area contributed by atoms with E-state index in [1.165, 1.54) is 42.5 Å². The van der Waals surface area contributed by atoms with Crippen molar-refractivity contribution in [1.82, 2.24) is 0 Å². The fourth-order valence-electron chi connectivity index (χ4n) is 8.98. The number of imide groups is 1. The fourth-order valence-corrected chi connectivity index (χ4v) is 8.98. The number of fused-ring (bicyclic) bond motifs is 4. The molecule has 0 bridgehead atoms. The molecule has 10 heteroatoms. The Kier molecular flexibility index (Phi) is 7.22. The number of hydrogen-bond acceptors (Lipinski definition) is 7. The van der Waals surface area contributed by atoms with E-state index >= 15 is 4.39 Å². The molecule has 4 aliphatic rings. The first kappa shape index (κ1) is 31.3. The number of ketones is 2. The van der Waals surface area contributed by atoms with Crippen LogP contribution in [0.1, 0.15) is 35.4 Å². The van der Waals surface area contributed by atoms with E-state index in [4.69, 9.17) is 0 Å². The highest BCUT2D eigenvalue weighted by Gasteiger charge is 2.66. The molecule has 0 radical (unpaired) electrons. The average Bonchev–Trinajstić information content (AvgIpc) is 3.39. The second kappa shape index (κ2) is 11.5. The van der Waals surface area contributed by atoms with Gasteiger partial charge in [-0.05, 0) is 48.1 Å². The van der Waals surface area contributed by atoms with Gasteiger partial charge in [0.05, 0.1) is 27.9 Å². The molecular weight excluding hydrogens is 639 g/mol. The molecule has 1 heterocycles. The minimum Gasteiger partial charge on any atom is -0.505 e. The fraction of sp³-hybridized carbons (Fsp3) is 0.200. The van der Waals surface area contributed by atoms with E-state index in [1.54, 1.807) is 66.7 Å². The summed E-state index contributed by atoms with van der Waals surface area (Å²) >= 11 is 0. The first-order valence-electron chi connectivity index (χ1n) is 16.4. The summed E-state index contributed by atoms with van der Waals surface area (Å²) in [5.41, 5.74) is 0.0833. The minimum atomic E-state index is -1.62. The normalized spacial score (nSPS) is 27.2. The zero-order valence-corrected chi connectivity index (χ0v) is 26.4. The smallest absolute Gasteiger partial charge is 0.271 e. The van der Waals surface area contributed by atoms with Crippen molar-refractivity contribution in [3.63, 3.8) is 0 Å². The number of benzene rings is 4. The number of carbonyl (C=O) groups is 4. The Morgan fingerprint density at radius 1 is 0.840 bits per heavy atom. The maximum absolute atomic E-state index is 15.2. The quantitative estimate of drug-likeness (QED) is 0.112. The van der Waals surface area contributed by atoms with Crippen LogP contribution in [0.2, 0.25) is 0 Å². The van der Waals surface area contributed by atoms with E-state index < -0.39 is 69.1 Å². The second-order valence-electron chi connectivity index (χ2n) is 13.3. The molecule has 9 nitrogen and oxygen atoms in total. The van der Waals surface area contributed by atoms with Gasteiger partial charge < -0.3 is 5.11 Å². The third-order valence-electron chi connectivity index (χ3n) is 11.0. The molecule has 4 aromatic rings. The molecule has 2 amide bonds. The number of phenolic OH excluding ortho intramolecular Hbond substituents is 1. The van der Waals surface area contributed by atoms with Crippen LogP contribution in [0.3, 0.4) is 0 Å². The van der Waals surface area contributed by atoms with Gasteiger partial charge in [0, 0.05) is 35.1 Å². The van der Waals surface area contributed by atoms with Gasteiger partial charge in [0.15, 0.2) is 23.1 Å². The molecule has 0 spiro atoms. The molecule has 1 saturated carbocycles. The number of nitro benzene ring substituents is 1. The topological polar surface area (TPSA) is 135 Å². The number of para-hydroxylation sites is 1. The molecule has 4 aromatic carbocycles. The first-order valence-corrected chi connectivity index (χ1v) is 16.4. The van der Waals surface area contributed by atoms with Gasteiger partial charge in [0.2, 0.25) is 11.8 Å². The summed E-state index contributed by atoms with van der Waals surface area (Å²) < 4.78 is 15.2. The van der Waals surface area contributed by atoms with Gasteiger partial charge in [-0.25, -0.2) is 9.29 Å². The summed E-state index contributed by atoms with van der Waals surface area (Å²) in [7, 11) is 0. The van der Waals surface area contributed by atoms with Crippen molar-refractivity contribution in [2.75, 3.05) is 4.90 Å². The highest BCUT2D eigenvalue weighted by molar-refractivity contribution is 6.32. The number of nitro groups is 1. The Hall–Kier alpha value is -6.03. The van der Waals surface area contributed by atoms with Gasteiger partial charge in [0.1, 0.15) is 0 Å². The second-order valence-corrected chi connectivity index (χ2v) is 13.3. The molecule has 0 aromatic heterocycles. The molecular formula is C40H29FN2O7. The molecule has 8 rings (SSSR count). The van der Waals surface area contributed by atoms with Crippen LogP contribution in [-0.2, 0) is 24.6 Å². The van der Waals surface area contributed by atoms with E-state index in [2.05, 4.69) is 0 Å². The van der Waals surface area contributed by atoms with Gasteiger partial charge in [-0.2, -0.15) is 0 Å². The van der Waals surface area contributed by atoms with Crippen LogP contribution in [0.25, 0.3) is 5.57 Å². The maximum atomic E-state index is 15.2. The molecule has 1 N–H and O–H groups in total. The van der Waals surface area contributed by atoms with Crippen molar-refractivity contribution < 1.29 is 33.6 Å². The molecule has 1 saturated heterocycles. The Morgan fingerprint density at radius 3 is 2.26 bits per heavy atom. The van der Waals surface area contributed by atoms with E-state index in [9.17, 15) is 34.4 Å². The van der Waals surface area contributed by atoms with Gasteiger partial charge in [-0.15, -0.1) is 0 Å². The number of anilines is 1. The Balaban J connectivity index is 1.36. The van der Waals surface area contributed by atoms with Crippen molar-refractivity contribution >= 4 is 40.3 Å². The summed E-state index contributed by atoms with van der Waals surface area (Å²) in [6.07, 6.45) is 3.27. The zero-order chi connectivity index (χ0) is 34.9. The number of Topliss-reactive ketones (excluding diaryl/α,β-unsaturated/α-hetero) is 1. The summed E-state index contributed by atoms with van der Waals surface area (Å²) in [6.45, 7) is 0. The highest BCUT2D eigenvalue weighted by atomic mass is 19.1. The molecule has 0 unspecified atom stereocenters. The number of phenols is 1. The van der Waals surface area contributed by atoms with Gasteiger partial charge >= 0.3 is 0 Å². The number of allylic oxidation sites excluding steroid dienone is 4. The lowest BCUT2D eigenvalue weighted by atomic mass is 9.44. The predicted molar refractivity (Wildman–Crippen MR) is 180 cm³/mol. The van der Waals surface area contributed by atoms with Crippen LogP contribution in [0.5, 0.6) is 5.75 Å². The third-order valence-corrected chi connectivity index (χ3v) is 11.0. The van der Waals surface area contributed by atoms with E-state index in [1.807, 2.05) is 0 Å². The van der Waals surface area contributed by atoms with Crippen molar-refractivity contribution in [2.45, 2.75) is 24.2 Å². The summed E-state index contributed by atoms with van der Waals surface area (Å²) in [5.74, 6) is -8.10. The Morgan fingerprint density at radius 2 is 1.54 bits per heavy atom. The Bertz CT molecular complexity index is 2200. The van der Waals surface area contributed by atoms with Crippen molar-refractivity contribution in [3.05, 3.63) is 153 Å². The zero-order valence-electron chi connectivity index (χ0n) is 26.4. The number of rotatable bonds is 5. The summed E-state index contributed by atoms with van der Waals surface area (Å²) in [5, 5.41) is 22.9. The van der Waals surface area contributed by atoms with Crippen molar-refractivity contribution in [2.24, 2.45) is 23.7 Å². The van der Waals surface area contributed by atoms with Gasteiger partial charge in [0.25, 0.3) is 5.69 Å². The first-order chi connectivity index (χ1) is 24.1. The highest BCUT2D eigenvalue weighted by Crippen LogP contribution is 2.64. The van der Waals surface area contributed by atoms with Gasteiger partial charge in [-0.3, -0.25) is 29.3 Å². The van der Waals surface area contributed by atoms with Crippen LogP contribution in [0, 0.1) is 39.6 Å². The maximum Gasteiger partial charge on any atom is 0.271 e.